The highest BCUT2D eigenvalue weighted by atomic mass is 32.1. The van der Waals surface area contributed by atoms with Crippen molar-refractivity contribution >= 4 is 11.3 Å². The zero-order chi connectivity index (χ0) is 9.68. The summed E-state index contributed by atoms with van der Waals surface area (Å²) in [6, 6.07) is 0.282. The molecule has 1 heterocycles. The fraction of sp³-hybridized carbons (Fsp3) is 0.667. The maximum atomic E-state index is 5.62. The molecule has 0 amide bonds. The van der Waals surface area contributed by atoms with Gasteiger partial charge in [0, 0.05) is 18.0 Å². The summed E-state index contributed by atoms with van der Waals surface area (Å²) < 4.78 is 0. The zero-order valence-electron chi connectivity index (χ0n) is 8.21. The average Bonchev–Trinajstić information content (AvgIpc) is 2.45. The minimum Gasteiger partial charge on any atom is -0.328 e. The van der Waals surface area contributed by atoms with Gasteiger partial charge < -0.3 is 11.1 Å². The summed E-state index contributed by atoms with van der Waals surface area (Å²) >= 11 is 1.69. The first kappa shape index (κ1) is 10.6. The Morgan fingerprint density at radius 2 is 2.46 bits per heavy atom. The van der Waals surface area contributed by atoms with Gasteiger partial charge in [0.1, 0.15) is 0 Å². The van der Waals surface area contributed by atoms with Crippen LogP contribution in [0.5, 0.6) is 0 Å². The van der Waals surface area contributed by atoms with Crippen molar-refractivity contribution in [2.24, 2.45) is 5.73 Å². The molecule has 3 nitrogen and oxygen atoms in total. The first-order valence-corrected chi connectivity index (χ1v) is 5.43. The molecule has 0 bridgehead atoms. The van der Waals surface area contributed by atoms with Crippen molar-refractivity contribution in [3.63, 3.8) is 0 Å². The van der Waals surface area contributed by atoms with Gasteiger partial charge in [0.25, 0.3) is 0 Å². The monoisotopic (exact) mass is 199 g/mol. The van der Waals surface area contributed by atoms with Gasteiger partial charge in [-0.2, -0.15) is 0 Å². The Kier molecular flexibility index (Phi) is 4.35. The zero-order valence-corrected chi connectivity index (χ0v) is 9.03. The molecule has 0 fully saturated rings. The van der Waals surface area contributed by atoms with Crippen molar-refractivity contribution in [2.45, 2.75) is 32.9 Å². The Morgan fingerprint density at radius 3 is 3.00 bits per heavy atom. The van der Waals surface area contributed by atoms with E-state index in [0.29, 0.717) is 0 Å². The van der Waals surface area contributed by atoms with Crippen LogP contribution in [0.25, 0.3) is 0 Å². The number of nitrogens with zero attached hydrogens (tertiary/aromatic N) is 1. The molecule has 0 saturated carbocycles. The molecule has 0 aliphatic carbocycles. The SMILES string of the molecule is Cc1nc(CNCCC(C)N)cs1. The molecular formula is C9H17N3S. The van der Waals surface area contributed by atoms with Crippen molar-refractivity contribution in [1.29, 1.82) is 0 Å². The predicted octanol–water partition coefficient (Wildman–Crippen LogP) is 1.28. The number of aromatic nitrogens is 1. The Labute approximate surface area is 83.4 Å². The Bertz CT molecular complexity index is 245. The third-order valence-corrected chi connectivity index (χ3v) is 2.57. The molecule has 1 aromatic heterocycles. The fourth-order valence-electron chi connectivity index (χ4n) is 1.04. The van der Waals surface area contributed by atoms with E-state index in [1.807, 2.05) is 13.8 Å². The molecule has 74 valence electrons. The molecule has 1 unspecified atom stereocenters. The average molecular weight is 199 g/mol. The van der Waals surface area contributed by atoms with E-state index in [-0.39, 0.29) is 6.04 Å². The van der Waals surface area contributed by atoms with Crippen LogP contribution >= 0.6 is 11.3 Å². The van der Waals surface area contributed by atoms with Gasteiger partial charge in [0.15, 0.2) is 0 Å². The molecule has 13 heavy (non-hydrogen) atoms. The minimum atomic E-state index is 0.282. The first-order chi connectivity index (χ1) is 6.18. The van der Waals surface area contributed by atoms with Crippen LogP contribution < -0.4 is 11.1 Å². The van der Waals surface area contributed by atoms with E-state index in [9.17, 15) is 0 Å². The Morgan fingerprint density at radius 1 is 1.69 bits per heavy atom. The van der Waals surface area contributed by atoms with Gasteiger partial charge in [-0.25, -0.2) is 4.98 Å². The van der Waals surface area contributed by atoms with Crippen LogP contribution in [0, 0.1) is 6.92 Å². The van der Waals surface area contributed by atoms with E-state index in [0.717, 1.165) is 30.2 Å². The van der Waals surface area contributed by atoms with Gasteiger partial charge in [0.05, 0.1) is 10.7 Å². The molecular weight excluding hydrogens is 182 g/mol. The maximum absolute atomic E-state index is 5.62. The molecule has 1 rings (SSSR count). The van der Waals surface area contributed by atoms with Crippen molar-refractivity contribution < 1.29 is 0 Å². The minimum absolute atomic E-state index is 0.282. The van der Waals surface area contributed by atoms with Gasteiger partial charge >= 0.3 is 0 Å². The molecule has 3 N–H and O–H groups in total. The second-order valence-electron chi connectivity index (χ2n) is 3.30. The quantitative estimate of drug-likeness (QED) is 0.702. The lowest BCUT2D eigenvalue weighted by Crippen LogP contribution is -2.23. The van der Waals surface area contributed by atoms with Crippen molar-refractivity contribution in [3.8, 4) is 0 Å². The third kappa shape index (κ3) is 4.36. The first-order valence-electron chi connectivity index (χ1n) is 4.56. The maximum Gasteiger partial charge on any atom is 0.0897 e. The summed E-state index contributed by atoms with van der Waals surface area (Å²) in [7, 11) is 0. The molecule has 0 radical (unpaired) electrons. The number of hydrogen-bond acceptors (Lipinski definition) is 4. The van der Waals surface area contributed by atoms with E-state index < -0.39 is 0 Å². The summed E-state index contributed by atoms with van der Waals surface area (Å²) in [6.07, 6.45) is 1.02. The molecule has 0 aliphatic heterocycles. The number of hydrogen-bond donors (Lipinski definition) is 2. The van der Waals surface area contributed by atoms with Gasteiger partial charge in [-0.15, -0.1) is 11.3 Å². The van der Waals surface area contributed by atoms with Crippen molar-refractivity contribution in [3.05, 3.63) is 16.1 Å². The van der Waals surface area contributed by atoms with Crippen LogP contribution in [-0.2, 0) is 6.54 Å². The summed E-state index contributed by atoms with van der Waals surface area (Å²) in [6.45, 7) is 5.87. The second-order valence-corrected chi connectivity index (χ2v) is 4.36. The summed E-state index contributed by atoms with van der Waals surface area (Å²) in [5.74, 6) is 0. The smallest absolute Gasteiger partial charge is 0.0897 e. The lowest BCUT2D eigenvalue weighted by molar-refractivity contribution is 0.585. The van der Waals surface area contributed by atoms with Gasteiger partial charge in [-0.05, 0) is 26.8 Å². The third-order valence-electron chi connectivity index (χ3n) is 1.75. The van der Waals surface area contributed by atoms with Gasteiger partial charge in [-0.3, -0.25) is 0 Å². The van der Waals surface area contributed by atoms with Crippen LogP contribution in [0.3, 0.4) is 0 Å². The lowest BCUT2D eigenvalue weighted by Gasteiger charge is -2.04. The molecule has 0 aliphatic rings. The summed E-state index contributed by atoms with van der Waals surface area (Å²) in [5, 5.41) is 6.53. The molecule has 0 spiro atoms. The summed E-state index contributed by atoms with van der Waals surface area (Å²) in [5.41, 5.74) is 6.75. The fourth-order valence-corrected chi connectivity index (χ4v) is 1.65. The van der Waals surface area contributed by atoms with E-state index in [1.165, 1.54) is 0 Å². The number of nitrogens with two attached hydrogens (primary N) is 1. The van der Waals surface area contributed by atoms with Crippen LogP contribution in [0.15, 0.2) is 5.38 Å². The highest BCUT2D eigenvalue weighted by Gasteiger charge is 1.97. The van der Waals surface area contributed by atoms with E-state index in [4.69, 9.17) is 5.73 Å². The Balaban J connectivity index is 2.13. The van der Waals surface area contributed by atoms with E-state index in [1.54, 1.807) is 11.3 Å². The molecule has 1 atom stereocenters. The standard InChI is InChI=1S/C9H17N3S/c1-7(10)3-4-11-5-9-6-13-8(2)12-9/h6-7,11H,3-5,10H2,1-2H3. The topological polar surface area (TPSA) is 50.9 Å². The van der Waals surface area contributed by atoms with E-state index in [2.05, 4.69) is 15.7 Å². The van der Waals surface area contributed by atoms with Gasteiger partial charge in [-0.1, -0.05) is 0 Å². The number of aryl methyl sites for hydroxylation is 1. The predicted molar refractivity (Wildman–Crippen MR) is 56.8 cm³/mol. The van der Waals surface area contributed by atoms with Crippen LogP contribution in [0.1, 0.15) is 24.0 Å². The van der Waals surface area contributed by atoms with Gasteiger partial charge in [0.2, 0.25) is 0 Å². The van der Waals surface area contributed by atoms with Crippen LogP contribution in [0.4, 0.5) is 0 Å². The van der Waals surface area contributed by atoms with Crippen LogP contribution in [0.2, 0.25) is 0 Å². The number of thiazole rings is 1. The molecule has 0 saturated heterocycles. The highest BCUT2D eigenvalue weighted by Crippen LogP contribution is 2.06. The van der Waals surface area contributed by atoms with E-state index >= 15 is 0 Å². The largest absolute Gasteiger partial charge is 0.328 e. The summed E-state index contributed by atoms with van der Waals surface area (Å²) in [4.78, 5) is 4.35. The van der Waals surface area contributed by atoms with Crippen LogP contribution in [-0.4, -0.2) is 17.6 Å². The molecule has 4 heteroatoms. The molecule has 1 aromatic rings. The molecule has 0 aromatic carbocycles. The number of nitrogens with one attached hydrogen (secondary N) is 1. The Hall–Kier alpha value is -0.450. The van der Waals surface area contributed by atoms with Crippen molar-refractivity contribution in [2.75, 3.05) is 6.54 Å². The number of rotatable bonds is 5. The normalized spacial score (nSPS) is 13.2. The van der Waals surface area contributed by atoms with Crippen molar-refractivity contribution in [1.82, 2.24) is 10.3 Å². The lowest BCUT2D eigenvalue weighted by atomic mass is 10.2. The highest BCUT2D eigenvalue weighted by molar-refractivity contribution is 7.09. The second kappa shape index (κ2) is 5.32.